The molecule has 0 fully saturated rings. The molecule has 0 aromatic carbocycles. The Bertz CT molecular complexity index is 917. The summed E-state index contributed by atoms with van der Waals surface area (Å²) in [6.07, 6.45) is 3.77. The Hall–Kier alpha value is -3.96. The van der Waals surface area contributed by atoms with Gasteiger partial charge in [-0.15, -0.1) is 0 Å². The van der Waals surface area contributed by atoms with E-state index in [0.29, 0.717) is 18.1 Å². The zero-order chi connectivity index (χ0) is 18.5. The molecule has 5 N–H and O–H groups in total. The van der Waals surface area contributed by atoms with Gasteiger partial charge in [-0.1, -0.05) is 0 Å². The number of nitrogens with zero attached hydrogens (tertiary/aromatic N) is 4. The van der Waals surface area contributed by atoms with Gasteiger partial charge >= 0.3 is 0 Å². The molecule has 12 heteroatoms. The number of carbonyl (C=O) groups is 1. The molecule has 0 aliphatic carbocycles. The Labute approximate surface area is 146 Å². The first-order valence-corrected chi connectivity index (χ1v) is 7.42. The van der Waals surface area contributed by atoms with E-state index in [4.69, 9.17) is 10.2 Å². The number of imidazole rings is 1. The molecule has 0 aliphatic rings. The van der Waals surface area contributed by atoms with Gasteiger partial charge in [0.1, 0.15) is 24.0 Å². The lowest BCUT2D eigenvalue weighted by Crippen LogP contribution is -2.29. The summed E-state index contributed by atoms with van der Waals surface area (Å²) in [6, 6.07) is 2.82. The van der Waals surface area contributed by atoms with Crippen molar-refractivity contribution >= 4 is 23.2 Å². The van der Waals surface area contributed by atoms with E-state index in [9.17, 15) is 14.9 Å². The molecular formula is C14H14N8O4. The van der Waals surface area contributed by atoms with E-state index in [-0.39, 0.29) is 29.6 Å². The Kier molecular flexibility index (Phi) is 4.74. The number of rotatable bonds is 7. The monoisotopic (exact) mass is 358 g/mol. The fraction of sp³-hybridized carbons (Fsp3) is 0.143. The Morgan fingerprint density at radius 3 is 2.85 bits per heavy atom. The van der Waals surface area contributed by atoms with Gasteiger partial charge in [0.15, 0.2) is 11.5 Å². The van der Waals surface area contributed by atoms with Gasteiger partial charge in [-0.05, 0) is 6.07 Å². The number of nitro groups is 1. The summed E-state index contributed by atoms with van der Waals surface area (Å²) >= 11 is 0. The zero-order valence-electron chi connectivity index (χ0n) is 13.3. The molecular weight excluding hydrogens is 344 g/mol. The third kappa shape index (κ3) is 3.75. The molecule has 134 valence electrons. The average Bonchev–Trinajstić information content (AvgIpc) is 3.27. The van der Waals surface area contributed by atoms with Crippen molar-refractivity contribution in [3.8, 4) is 11.6 Å². The fourth-order valence-corrected chi connectivity index (χ4v) is 2.02. The maximum atomic E-state index is 12.0. The van der Waals surface area contributed by atoms with E-state index >= 15 is 0 Å². The van der Waals surface area contributed by atoms with Crippen molar-refractivity contribution in [3.05, 3.63) is 46.7 Å². The van der Waals surface area contributed by atoms with Crippen molar-refractivity contribution < 1.29 is 14.1 Å². The average molecular weight is 358 g/mol. The summed E-state index contributed by atoms with van der Waals surface area (Å²) in [5.74, 6) is 0.428. The van der Waals surface area contributed by atoms with Crippen LogP contribution in [0.3, 0.4) is 0 Å². The molecule has 12 nitrogen and oxygen atoms in total. The third-order valence-electron chi connectivity index (χ3n) is 3.29. The minimum absolute atomic E-state index is 0.0939. The van der Waals surface area contributed by atoms with Crippen molar-refractivity contribution in [3.63, 3.8) is 0 Å². The topological polar surface area (TPSA) is 178 Å². The molecule has 1 amide bonds. The number of nitrogens with two attached hydrogens (primary N) is 1. The minimum atomic E-state index is -0.528. The van der Waals surface area contributed by atoms with Gasteiger partial charge in [0.2, 0.25) is 5.89 Å². The number of nitrogen functional groups attached to an aromatic ring is 1. The van der Waals surface area contributed by atoms with E-state index in [1.54, 1.807) is 0 Å². The van der Waals surface area contributed by atoms with Gasteiger partial charge in [0.05, 0.1) is 11.3 Å². The molecule has 3 heterocycles. The Balaban J connectivity index is 1.48. The number of carbonyl (C=O) groups excluding carboxylic acids is 1. The van der Waals surface area contributed by atoms with Crippen LogP contribution in [-0.2, 0) is 0 Å². The van der Waals surface area contributed by atoms with Gasteiger partial charge in [-0.2, -0.15) is 0 Å². The summed E-state index contributed by atoms with van der Waals surface area (Å²) in [5.41, 5.74) is 6.05. The largest absolute Gasteiger partial charge is 0.442 e. The quantitative estimate of drug-likeness (QED) is 0.270. The molecule has 0 bridgehead atoms. The molecule has 3 aromatic rings. The van der Waals surface area contributed by atoms with Crippen LogP contribution in [0.1, 0.15) is 10.5 Å². The van der Waals surface area contributed by atoms with E-state index < -0.39 is 10.8 Å². The highest BCUT2D eigenvalue weighted by atomic mass is 16.6. The van der Waals surface area contributed by atoms with Crippen LogP contribution in [-0.4, -0.2) is 43.9 Å². The second-order valence-corrected chi connectivity index (χ2v) is 5.04. The van der Waals surface area contributed by atoms with E-state index in [1.807, 2.05) is 0 Å². The SMILES string of the molecule is Nc1nc[nH]c1-c1nc(C(=O)NCCNc2ccc([N+](=O)[O-])cn2)co1. The smallest absolute Gasteiger partial charge is 0.287 e. The van der Waals surface area contributed by atoms with Crippen LogP contribution in [0, 0.1) is 10.1 Å². The summed E-state index contributed by atoms with van der Waals surface area (Å²) in [4.78, 5) is 36.6. The van der Waals surface area contributed by atoms with Crippen LogP contribution >= 0.6 is 0 Å². The van der Waals surface area contributed by atoms with Crippen LogP contribution in [0.5, 0.6) is 0 Å². The number of nitrogens with one attached hydrogen (secondary N) is 3. The van der Waals surface area contributed by atoms with Crippen LogP contribution < -0.4 is 16.4 Å². The fourth-order valence-electron chi connectivity index (χ4n) is 2.02. The predicted molar refractivity (Wildman–Crippen MR) is 90.2 cm³/mol. The highest BCUT2D eigenvalue weighted by Crippen LogP contribution is 2.20. The number of amides is 1. The minimum Gasteiger partial charge on any atom is -0.442 e. The van der Waals surface area contributed by atoms with Crippen LogP contribution in [0.15, 0.2) is 35.3 Å². The van der Waals surface area contributed by atoms with Gasteiger partial charge < -0.3 is 25.8 Å². The van der Waals surface area contributed by atoms with E-state index in [1.165, 1.54) is 24.7 Å². The molecule has 0 radical (unpaired) electrons. The predicted octanol–water partition coefficient (Wildman–Crippen LogP) is 0.792. The summed E-state index contributed by atoms with van der Waals surface area (Å²) in [6.45, 7) is 0.653. The number of hydrogen-bond donors (Lipinski definition) is 4. The number of oxazole rings is 1. The number of H-pyrrole nitrogens is 1. The third-order valence-corrected chi connectivity index (χ3v) is 3.29. The normalized spacial score (nSPS) is 10.5. The van der Waals surface area contributed by atoms with Crippen LogP contribution in [0.4, 0.5) is 17.3 Å². The van der Waals surface area contributed by atoms with Gasteiger partial charge in [0, 0.05) is 19.2 Å². The number of aromatic amines is 1. The first-order chi connectivity index (χ1) is 12.5. The molecule has 0 atom stereocenters. The van der Waals surface area contributed by atoms with E-state index in [0.717, 1.165) is 6.20 Å². The molecule has 0 saturated carbocycles. The molecule has 26 heavy (non-hydrogen) atoms. The molecule has 0 aliphatic heterocycles. The zero-order valence-corrected chi connectivity index (χ0v) is 13.3. The lowest BCUT2D eigenvalue weighted by Gasteiger charge is -2.05. The maximum absolute atomic E-state index is 12.0. The first kappa shape index (κ1) is 16.9. The van der Waals surface area contributed by atoms with Crippen molar-refractivity contribution in [2.75, 3.05) is 24.1 Å². The Morgan fingerprint density at radius 2 is 2.19 bits per heavy atom. The molecule has 3 aromatic heterocycles. The second-order valence-electron chi connectivity index (χ2n) is 5.04. The van der Waals surface area contributed by atoms with Crippen molar-refractivity contribution in [1.82, 2.24) is 25.3 Å². The summed E-state index contributed by atoms with van der Waals surface area (Å²) in [5, 5.41) is 16.1. The molecule has 0 unspecified atom stereocenters. The van der Waals surface area contributed by atoms with Crippen molar-refractivity contribution in [2.24, 2.45) is 0 Å². The molecule has 3 rings (SSSR count). The van der Waals surface area contributed by atoms with E-state index in [2.05, 4.69) is 30.6 Å². The summed E-state index contributed by atoms with van der Waals surface area (Å²) < 4.78 is 5.21. The van der Waals surface area contributed by atoms with Crippen molar-refractivity contribution in [1.29, 1.82) is 0 Å². The first-order valence-electron chi connectivity index (χ1n) is 7.42. The lowest BCUT2D eigenvalue weighted by atomic mass is 10.4. The number of pyridine rings is 1. The maximum Gasteiger partial charge on any atom is 0.287 e. The summed E-state index contributed by atoms with van der Waals surface area (Å²) in [7, 11) is 0. The Morgan fingerprint density at radius 1 is 1.35 bits per heavy atom. The highest BCUT2D eigenvalue weighted by Gasteiger charge is 2.16. The standard InChI is InChI=1S/C14H14N8O4/c15-12-11(19-7-20-12)14-21-9(6-26-14)13(23)17-4-3-16-10-2-1-8(5-18-10)22(24)25/h1-2,5-7H,3-4,15H2,(H,16,18)(H,17,23)(H,19,20). The second kappa shape index (κ2) is 7.29. The number of aromatic nitrogens is 4. The highest BCUT2D eigenvalue weighted by molar-refractivity contribution is 5.92. The number of hydrogen-bond acceptors (Lipinski definition) is 9. The van der Waals surface area contributed by atoms with Crippen LogP contribution in [0.2, 0.25) is 0 Å². The number of anilines is 2. The van der Waals surface area contributed by atoms with Gasteiger partial charge in [-0.25, -0.2) is 15.0 Å². The molecule has 0 saturated heterocycles. The van der Waals surface area contributed by atoms with Crippen LogP contribution in [0.25, 0.3) is 11.6 Å². The van der Waals surface area contributed by atoms with Gasteiger partial charge in [-0.3, -0.25) is 14.9 Å². The molecule has 0 spiro atoms. The van der Waals surface area contributed by atoms with Gasteiger partial charge in [0.25, 0.3) is 11.6 Å². The van der Waals surface area contributed by atoms with Crippen molar-refractivity contribution in [2.45, 2.75) is 0 Å². The lowest BCUT2D eigenvalue weighted by molar-refractivity contribution is -0.385.